The number of para-hydroxylation sites is 1. The fourth-order valence-electron chi connectivity index (χ4n) is 2.36. The fraction of sp³-hybridized carbons (Fsp3) is 0.357. The molecule has 0 bridgehead atoms. The molecule has 5 heteroatoms. The van der Waals surface area contributed by atoms with Crippen molar-refractivity contribution < 1.29 is 4.74 Å². The standard InChI is InChI=1S/C14H18N4O/c15-10-13-11-17(8-9-19-13)14-16-6-7-18(14)12-4-2-1-3-5-12/h1-7,13H,8-11,15H2. The number of hydrogen-bond acceptors (Lipinski definition) is 4. The minimum Gasteiger partial charge on any atom is -0.373 e. The number of ether oxygens (including phenoxy) is 1. The van der Waals surface area contributed by atoms with Gasteiger partial charge in [0.15, 0.2) is 0 Å². The molecule has 1 aliphatic heterocycles. The Balaban J connectivity index is 1.88. The van der Waals surface area contributed by atoms with E-state index in [1.807, 2.05) is 30.6 Å². The quantitative estimate of drug-likeness (QED) is 0.893. The highest BCUT2D eigenvalue weighted by molar-refractivity contribution is 5.43. The van der Waals surface area contributed by atoms with Gasteiger partial charge in [-0.15, -0.1) is 0 Å². The Morgan fingerprint density at radius 1 is 1.32 bits per heavy atom. The zero-order valence-corrected chi connectivity index (χ0v) is 10.8. The maximum atomic E-state index is 5.69. The second kappa shape index (κ2) is 5.42. The van der Waals surface area contributed by atoms with E-state index in [0.29, 0.717) is 13.2 Å². The second-order valence-corrected chi connectivity index (χ2v) is 4.61. The Morgan fingerprint density at radius 3 is 2.95 bits per heavy atom. The minimum atomic E-state index is 0.0923. The van der Waals surface area contributed by atoms with Crippen LogP contribution in [-0.4, -0.2) is 41.9 Å². The summed E-state index contributed by atoms with van der Waals surface area (Å²) in [5.74, 6) is 0.952. The van der Waals surface area contributed by atoms with E-state index < -0.39 is 0 Å². The van der Waals surface area contributed by atoms with E-state index in [2.05, 4.69) is 26.6 Å². The van der Waals surface area contributed by atoms with Gasteiger partial charge >= 0.3 is 0 Å². The third-order valence-electron chi connectivity index (χ3n) is 3.34. The predicted octanol–water partition coefficient (Wildman–Crippen LogP) is 1.04. The van der Waals surface area contributed by atoms with Crippen LogP contribution in [0.2, 0.25) is 0 Å². The lowest BCUT2D eigenvalue weighted by atomic mass is 10.3. The van der Waals surface area contributed by atoms with Gasteiger partial charge in [0.1, 0.15) is 0 Å². The molecule has 19 heavy (non-hydrogen) atoms. The molecule has 2 N–H and O–H groups in total. The van der Waals surface area contributed by atoms with Crippen molar-refractivity contribution >= 4 is 5.95 Å². The van der Waals surface area contributed by atoms with E-state index in [9.17, 15) is 0 Å². The number of hydrogen-bond donors (Lipinski definition) is 1. The van der Waals surface area contributed by atoms with Gasteiger partial charge in [-0.05, 0) is 12.1 Å². The van der Waals surface area contributed by atoms with Crippen LogP contribution in [0.1, 0.15) is 0 Å². The van der Waals surface area contributed by atoms with E-state index in [1.54, 1.807) is 0 Å². The maximum absolute atomic E-state index is 5.69. The van der Waals surface area contributed by atoms with Gasteiger partial charge in [0.25, 0.3) is 0 Å². The van der Waals surface area contributed by atoms with Crippen molar-refractivity contribution in [1.29, 1.82) is 0 Å². The van der Waals surface area contributed by atoms with E-state index in [-0.39, 0.29) is 6.10 Å². The van der Waals surface area contributed by atoms with Gasteiger partial charge in [0.05, 0.1) is 12.7 Å². The third kappa shape index (κ3) is 2.47. The molecule has 5 nitrogen and oxygen atoms in total. The number of nitrogens with two attached hydrogens (primary N) is 1. The number of anilines is 1. The highest BCUT2D eigenvalue weighted by atomic mass is 16.5. The number of nitrogens with zero attached hydrogens (tertiary/aromatic N) is 3. The summed E-state index contributed by atoms with van der Waals surface area (Å²) in [7, 11) is 0. The van der Waals surface area contributed by atoms with Crippen molar-refractivity contribution in [2.24, 2.45) is 5.73 Å². The summed E-state index contributed by atoms with van der Waals surface area (Å²) in [6, 6.07) is 10.2. The van der Waals surface area contributed by atoms with Crippen LogP contribution in [0.5, 0.6) is 0 Å². The van der Waals surface area contributed by atoms with Gasteiger partial charge in [0, 0.05) is 37.7 Å². The van der Waals surface area contributed by atoms with Gasteiger partial charge in [-0.3, -0.25) is 4.57 Å². The third-order valence-corrected chi connectivity index (χ3v) is 3.34. The molecule has 0 aliphatic carbocycles. The van der Waals surface area contributed by atoms with Crippen molar-refractivity contribution in [2.45, 2.75) is 6.10 Å². The van der Waals surface area contributed by atoms with Crippen LogP contribution < -0.4 is 10.6 Å². The van der Waals surface area contributed by atoms with Crippen molar-refractivity contribution in [3.05, 3.63) is 42.7 Å². The minimum absolute atomic E-state index is 0.0923. The molecule has 1 saturated heterocycles. The van der Waals surface area contributed by atoms with Gasteiger partial charge < -0.3 is 15.4 Å². The van der Waals surface area contributed by atoms with Crippen molar-refractivity contribution in [3.8, 4) is 5.69 Å². The Labute approximate surface area is 112 Å². The Morgan fingerprint density at radius 2 is 2.16 bits per heavy atom. The fourth-order valence-corrected chi connectivity index (χ4v) is 2.36. The lowest BCUT2D eigenvalue weighted by Gasteiger charge is -2.33. The van der Waals surface area contributed by atoms with Crippen molar-refractivity contribution in [2.75, 3.05) is 31.1 Å². The highest BCUT2D eigenvalue weighted by Crippen LogP contribution is 2.20. The first-order chi connectivity index (χ1) is 9.38. The molecule has 100 valence electrons. The molecule has 1 aromatic heterocycles. The van der Waals surface area contributed by atoms with Gasteiger partial charge in [-0.25, -0.2) is 4.98 Å². The largest absolute Gasteiger partial charge is 0.373 e. The van der Waals surface area contributed by atoms with Crippen LogP contribution >= 0.6 is 0 Å². The number of imidazole rings is 1. The maximum Gasteiger partial charge on any atom is 0.210 e. The summed E-state index contributed by atoms with van der Waals surface area (Å²) in [5.41, 5.74) is 6.81. The van der Waals surface area contributed by atoms with Crippen molar-refractivity contribution in [3.63, 3.8) is 0 Å². The summed E-state index contributed by atoms with van der Waals surface area (Å²) in [4.78, 5) is 6.71. The van der Waals surface area contributed by atoms with Gasteiger partial charge in [0.2, 0.25) is 5.95 Å². The lowest BCUT2D eigenvalue weighted by molar-refractivity contribution is 0.0459. The van der Waals surface area contributed by atoms with Crippen LogP contribution in [0.15, 0.2) is 42.7 Å². The van der Waals surface area contributed by atoms with E-state index in [4.69, 9.17) is 10.5 Å². The summed E-state index contributed by atoms with van der Waals surface area (Å²) in [5, 5.41) is 0. The van der Waals surface area contributed by atoms with Crippen LogP contribution in [0.4, 0.5) is 5.95 Å². The normalized spacial score (nSPS) is 19.6. The molecule has 0 saturated carbocycles. The molecule has 0 spiro atoms. The van der Waals surface area contributed by atoms with E-state index in [0.717, 1.165) is 24.7 Å². The van der Waals surface area contributed by atoms with Crippen LogP contribution in [0, 0.1) is 0 Å². The van der Waals surface area contributed by atoms with Crippen LogP contribution in [-0.2, 0) is 4.74 Å². The van der Waals surface area contributed by atoms with Gasteiger partial charge in [-0.2, -0.15) is 0 Å². The average molecular weight is 258 g/mol. The van der Waals surface area contributed by atoms with Crippen LogP contribution in [0.3, 0.4) is 0 Å². The molecule has 1 aliphatic rings. The SMILES string of the molecule is NCC1CN(c2nccn2-c2ccccc2)CCO1. The molecule has 1 aromatic carbocycles. The first-order valence-corrected chi connectivity index (χ1v) is 6.54. The Bertz CT molecular complexity index is 525. The Kier molecular flexibility index (Phi) is 3.48. The first kappa shape index (κ1) is 12.2. The molecule has 1 fully saturated rings. The second-order valence-electron chi connectivity index (χ2n) is 4.61. The number of rotatable bonds is 3. The molecule has 0 radical (unpaired) electrons. The average Bonchev–Trinajstić information content (AvgIpc) is 2.98. The lowest BCUT2D eigenvalue weighted by Crippen LogP contribution is -2.46. The van der Waals surface area contributed by atoms with Crippen LogP contribution in [0.25, 0.3) is 5.69 Å². The molecule has 2 heterocycles. The van der Waals surface area contributed by atoms with Gasteiger partial charge in [-0.1, -0.05) is 18.2 Å². The molecule has 0 amide bonds. The summed E-state index contributed by atoms with van der Waals surface area (Å²) in [6.07, 6.45) is 3.90. The highest BCUT2D eigenvalue weighted by Gasteiger charge is 2.22. The zero-order chi connectivity index (χ0) is 13.1. The summed E-state index contributed by atoms with van der Waals surface area (Å²) < 4.78 is 7.69. The monoisotopic (exact) mass is 258 g/mol. The predicted molar refractivity (Wildman–Crippen MR) is 74.6 cm³/mol. The van der Waals surface area contributed by atoms with Crippen molar-refractivity contribution in [1.82, 2.24) is 9.55 Å². The molecule has 1 unspecified atom stereocenters. The molecule has 1 atom stereocenters. The summed E-state index contributed by atoms with van der Waals surface area (Å²) in [6.45, 7) is 2.88. The summed E-state index contributed by atoms with van der Waals surface area (Å²) >= 11 is 0. The van der Waals surface area contributed by atoms with E-state index >= 15 is 0 Å². The smallest absolute Gasteiger partial charge is 0.210 e. The van der Waals surface area contributed by atoms with E-state index in [1.165, 1.54) is 0 Å². The number of benzene rings is 1. The number of aromatic nitrogens is 2. The first-order valence-electron chi connectivity index (χ1n) is 6.54. The topological polar surface area (TPSA) is 56.3 Å². The zero-order valence-electron chi connectivity index (χ0n) is 10.8. The Hall–Kier alpha value is -1.85. The molecular weight excluding hydrogens is 240 g/mol. The molecule has 2 aromatic rings. The number of morpholine rings is 1. The molecular formula is C14H18N4O. The molecule has 3 rings (SSSR count).